The Balaban J connectivity index is 0.000000281. The van der Waals surface area contributed by atoms with Gasteiger partial charge in [-0.25, -0.2) is 0 Å². The number of amides is 1. The van der Waals surface area contributed by atoms with Gasteiger partial charge in [0.25, 0.3) is 0 Å². The molecule has 2 fully saturated rings. The van der Waals surface area contributed by atoms with Crippen molar-refractivity contribution in [3.63, 3.8) is 0 Å². The van der Waals surface area contributed by atoms with E-state index in [9.17, 15) is 9.59 Å². The van der Waals surface area contributed by atoms with Crippen molar-refractivity contribution in [1.29, 1.82) is 0 Å². The van der Waals surface area contributed by atoms with Gasteiger partial charge in [0.2, 0.25) is 11.1 Å². The molecule has 0 aromatic heterocycles. The summed E-state index contributed by atoms with van der Waals surface area (Å²) in [7, 11) is 0. The highest BCUT2D eigenvalue weighted by atomic mass is 35.5. The number of carbonyl (C=O) groups excluding carboxylic acids is 2. The van der Waals surface area contributed by atoms with Crippen LogP contribution in [0.4, 0.5) is 0 Å². The van der Waals surface area contributed by atoms with Crippen molar-refractivity contribution < 1.29 is 9.59 Å². The number of carbonyl (C=O) groups is 2. The number of rotatable bonds is 0. The van der Waals surface area contributed by atoms with Crippen LogP contribution in [0.5, 0.6) is 0 Å². The Kier molecular flexibility index (Phi) is 12.0. The average Bonchev–Trinajstić information content (AvgIpc) is 2.42. The number of piperazine rings is 1. The molecule has 0 radical (unpaired) electrons. The van der Waals surface area contributed by atoms with Gasteiger partial charge in [0.1, 0.15) is 0 Å². The molecule has 0 atom stereocenters. The van der Waals surface area contributed by atoms with E-state index in [1.54, 1.807) is 6.92 Å². The Bertz CT molecular complexity index is 237. The molecule has 2 aliphatic rings. The molecule has 0 saturated carbocycles. The molecular formula is C13H26ClN3O2. The Morgan fingerprint density at radius 1 is 0.895 bits per heavy atom. The molecule has 2 rings (SSSR count). The van der Waals surface area contributed by atoms with Crippen molar-refractivity contribution in [1.82, 2.24) is 15.5 Å². The minimum Gasteiger partial charge on any atom is -0.340 e. The lowest BCUT2D eigenvalue weighted by molar-refractivity contribution is -0.129. The summed E-state index contributed by atoms with van der Waals surface area (Å²) in [6.07, 6.45) is 4.22. The molecule has 1 amide bonds. The monoisotopic (exact) mass is 291 g/mol. The lowest BCUT2D eigenvalue weighted by atomic mass is 10.2. The summed E-state index contributed by atoms with van der Waals surface area (Å²) in [5, 5.41) is 6.10. The average molecular weight is 292 g/mol. The molecule has 2 heterocycles. The quantitative estimate of drug-likeness (QED) is 0.653. The van der Waals surface area contributed by atoms with Crippen molar-refractivity contribution in [2.45, 2.75) is 33.1 Å². The maximum atomic E-state index is 10.7. The van der Waals surface area contributed by atoms with Crippen molar-refractivity contribution >= 4 is 22.8 Å². The largest absolute Gasteiger partial charge is 0.340 e. The van der Waals surface area contributed by atoms with Gasteiger partial charge in [-0.3, -0.25) is 9.59 Å². The molecule has 0 aromatic rings. The zero-order valence-electron chi connectivity index (χ0n) is 12.0. The van der Waals surface area contributed by atoms with Crippen LogP contribution in [0.25, 0.3) is 0 Å². The Morgan fingerprint density at radius 2 is 1.32 bits per heavy atom. The molecule has 112 valence electrons. The normalized spacial score (nSPS) is 18.4. The van der Waals surface area contributed by atoms with Crippen LogP contribution >= 0.6 is 11.6 Å². The standard InChI is InChI=1S/C6H12N2O.C5H11N.C2H3ClO/c1-6(9)8-4-2-7-3-5-8;1-2-4-6-5-3-1;1-2(3)4/h7H,2-5H2,1H3;6H,1-5H2;1H3. The molecular weight excluding hydrogens is 266 g/mol. The van der Waals surface area contributed by atoms with Gasteiger partial charge in [-0.2, -0.15) is 0 Å². The van der Waals surface area contributed by atoms with E-state index in [4.69, 9.17) is 0 Å². The second-order valence-corrected chi connectivity index (χ2v) is 5.07. The highest BCUT2D eigenvalue weighted by Crippen LogP contribution is 1.96. The number of nitrogens with one attached hydrogen (secondary N) is 2. The summed E-state index contributed by atoms with van der Waals surface area (Å²) in [5.41, 5.74) is 0. The second-order valence-electron chi connectivity index (χ2n) is 4.54. The first-order valence-corrected chi connectivity index (χ1v) is 7.25. The molecule has 2 aliphatic heterocycles. The molecule has 2 saturated heterocycles. The van der Waals surface area contributed by atoms with E-state index in [1.807, 2.05) is 4.90 Å². The molecule has 0 spiro atoms. The van der Waals surface area contributed by atoms with Crippen LogP contribution in [-0.4, -0.2) is 55.3 Å². The number of hydrogen-bond donors (Lipinski definition) is 2. The lowest BCUT2D eigenvalue weighted by Gasteiger charge is -2.25. The van der Waals surface area contributed by atoms with Gasteiger partial charge in [-0.15, -0.1) is 0 Å². The van der Waals surface area contributed by atoms with E-state index in [-0.39, 0.29) is 11.1 Å². The molecule has 0 aliphatic carbocycles. The topological polar surface area (TPSA) is 61.4 Å². The fraction of sp³-hybridized carbons (Fsp3) is 0.846. The van der Waals surface area contributed by atoms with E-state index in [2.05, 4.69) is 22.2 Å². The van der Waals surface area contributed by atoms with Gasteiger partial charge in [0.15, 0.2) is 0 Å². The Morgan fingerprint density at radius 3 is 1.53 bits per heavy atom. The highest BCUT2D eigenvalue weighted by Gasteiger charge is 2.10. The SMILES string of the molecule is C1CCNCC1.CC(=O)Cl.CC(=O)N1CCNCC1. The van der Waals surface area contributed by atoms with E-state index >= 15 is 0 Å². The molecule has 0 bridgehead atoms. The van der Waals surface area contributed by atoms with Crippen LogP contribution in [0.1, 0.15) is 33.1 Å². The summed E-state index contributed by atoms with van der Waals surface area (Å²) in [5.74, 6) is 0.191. The van der Waals surface area contributed by atoms with Crippen molar-refractivity contribution in [2.75, 3.05) is 39.3 Å². The fourth-order valence-corrected chi connectivity index (χ4v) is 1.78. The summed E-state index contributed by atoms with van der Waals surface area (Å²) < 4.78 is 0. The third-order valence-electron chi connectivity index (χ3n) is 2.77. The molecule has 5 nitrogen and oxygen atoms in total. The first-order chi connectivity index (χ1) is 9.04. The third kappa shape index (κ3) is 13.6. The predicted octanol–water partition coefficient (Wildman–Crippen LogP) is 0.970. The van der Waals surface area contributed by atoms with Crippen LogP contribution in [-0.2, 0) is 9.59 Å². The van der Waals surface area contributed by atoms with Gasteiger partial charge in [-0.1, -0.05) is 6.42 Å². The van der Waals surface area contributed by atoms with Crippen LogP contribution in [0.15, 0.2) is 0 Å². The van der Waals surface area contributed by atoms with Crippen molar-refractivity contribution in [3.8, 4) is 0 Å². The van der Waals surface area contributed by atoms with Crippen molar-refractivity contribution in [3.05, 3.63) is 0 Å². The highest BCUT2D eigenvalue weighted by molar-refractivity contribution is 6.62. The first kappa shape index (κ1) is 18.4. The first-order valence-electron chi connectivity index (χ1n) is 6.87. The Labute approximate surface area is 121 Å². The van der Waals surface area contributed by atoms with Gasteiger partial charge in [0.05, 0.1) is 0 Å². The van der Waals surface area contributed by atoms with Gasteiger partial charge in [-0.05, 0) is 37.5 Å². The summed E-state index contributed by atoms with van der Waals surface area (Å²) in [6, 6.07) is 0. The van der Waals surface area contributed by atoms with Crippen LogP contribution < -0.4 is 10.6 Å². The minimum atomic E-state index is -0.361. The van der Waals surface area contributed by atoms with E-state index in [0.29, 0.717) is 0 Å². The predicted molar refractivity (Wildman–Crippen MR) is 78.4 cm³/mol. The van der Waals surface area contributed by atoms with E-state index in [0.717, 1.165) is 26.2 Å². The van der Waals surface area contributed by atoms with Gasteiger partial charge >= 0.3 is 0 Å². The minimum absolute atomic E-state index is 0.191. The van der Waals surface area contributed by atoms with E-state index < -0.39 is 0 Å². The summed E-state index contributed by atoms with van der Waals surface area (Å²) in [6.45, 7) is 9.04. The molecule has 2 N–H and O–H groups in total. The molecule has 0 aromatic carbocycles. The van der Waals surface area contributed by atoms with Crippen LogP contribution in [0, 0.1) is 0 Å². The molecule has 19 heavy (non-hydrogen) atoms. The lowest BCUT2D eigenvalue weighted by Crippen LogP contribution is -2.45. The number of piperidine rings is 1. The van der Waals surface area contributed by atoms with E-state index in [1.165, 1.54) is 39.3 Å². The fourth-order valence-electron chi connectivity index (χ4n) is 1.78. The number of nitrogens with zero attached hydrogens (tertiary/aromatic N) is 1. The van der Waals surface area contributed by atoms with Crippen LogP contribution in [0.2, 0.25) is 0 Å². The third-order valence-corrected chi connectivity index (χ3v) is 2.77. The number of hydrogen-bond acceptors (Lipinski definition) is 4. The number of halogens is 1. The summed E-state index contributed by atoms with van der Waals surface area (Å²) in [4.78, 5) is 21.8. The zero-order chi connectivity index (χ0) is 14.5. The Hall–Kier alpha value is -0.650. The van der Waals surface area contributed by atoms with Crippen molar-refractivity contribution in [2.24, 2.45) is 0 Å². The van der Waals surface area contributed by atoms with Crippen LogP contribution in [0.3, 0.4) is 0 Å². The molecule has 6 heteroatoms. The smallest absolute Gasteiger partial charge is 0.219 e. The van der Waals surface area contributed by atoms with Gasteiger partial charge in [0, 0.05) is 40.0 Å². The second kappa shape index (κ2) is 12.4. The maximum absolute atomic E-state index is 10.7. The zero-order valence-corrected chi connectivity index (χ0v) is 12.8. The molecule has 0 unspecified atom stereocenters. The van der Waals surface area contributed by atoms with Gasteiger partial charge < -0.3 is 15.5 Å². The summed E-state index contributed by atoms with van der Waals surface area (Å²) >= 11 is 4.64. The maximum Gasteiger partial charge on any atom is 0.219 e.